The molecule has 1 saturated heterocycles. The first-order valence-corrected chi connectivity index (χ1v) is 9.59. The number of para-hydroxylation sites is 1. The van der Waals surface area contributed by atoms with Gasteiger partial charge in [0.15, 0.2) is 0 Å². The van der Waals surface area contributed by atoms with Gasteiger partial charge in [0.05, 0.1) is 17.8 Å². The second kappa shape index (κ2) is 7.50. The summed E-state index contributed by atoms with van der Waals surface area (Å²) in [5, 5.41) is 2.98. The number of benzene rings is 1. The van der Waals surface area contributed by atoms with Crippen molar-refractivity contribution >= 4 is 29.0 Å². The van der Waals surface area contributed by atoms with Gasteiger partial charge in [-0.1, -0.05) is 18.2 Å². The molecule has 4 rings (SSSR count). The molecule has 0 spiro atoms. The number of amides is 2. The van der Waals surface area contributed by atoms with Gasteiger partial charge in [0.1, 0.15) is 5.82 Å². The predicted molar refractivity (Wildman–Crippen MR) is 110 cm³/mol. The molecule has 7 heteroatoms. The number of hydrogen-bond acceptors (Lipinski definition) is 5. The summed E-state index contributed by atoms with van der Waals surface area (Å²) in [6.45, 7) is 2.89. The first kappa shape index (κ1) is 18.3. The second-order valence-corrected chi connectivity index (χ2v) is 7.52. The number of carbonyl (C=O) groups excluding carboxylic acids is 2. The van der Waals surface area contributed by atoms with E-state index in [0.717, 1.165) is 19.5 Å². The molecule has 0 bridgehead atoms. The fourth-order valence-electron chi connectivity index (χ4n) is 3.92. The zero-order valence-corrected chi connectivity index (χ0v) is 16.3. The fraction of sp³-hybridized carbons (Fsp3) is 0.381. The molecule has 28 heavy (non-hydrogen) atoms. The third-order valence-electron chi connectivity index (χ3n) is 5.54. The van der Waals surface area contributed by atoms with Crippen LogP contribution in [0.5, 0.6) is 0 Å². The Balaban J connectivity index is 1.41. The number of anilines is 3. The molecule has 146 valence electrons. The summed E-state index contributed by atoms with van der Waals surface area (Å²) in [5.41, 5.74) is 2.38. The van der Waals surface area contributed by atoms with Crippen molar-refractivity contribution in [3.8, 4) is 0 Å². The molecule has 1 unspecified atom stereocenters. The van der Waals surface area contributed by atoms with E-state index >= 15 is 0 Å². The van der Waals surface area contributed by atoms with E-state index in [2.05, 4.69) is 39.5 Å². The Morgan fingerprint density at radius 3 is 2.89 bits per heavy atom. The minimum atomic E-state index is -0.0696. The van der Waals surface area contributed by atoms with Crippen LogP contribution in [0.2, 0.25) is 0 Å². The fourth-order valence-corrected chi connectivity index (χ4v) is 3.92. The number of rotatable bonds is 4. The number of likely N-dealkylation sites (N-methyl/N-ethyl adjacent to an activating group) is 1. The van der Waals surface area contributed by atoms with E-state index in [-0.39, 0.29) is 18.4 Å². The maximum atomic E-state index is 12.9. The SMILES string of the molecule is CN(CC1CCN(c2ccccc2)C1)C(=O)c1cnc2c(c1)N(C)C(=O)CN2. The smallest absolute Gasteiger partial charge is 0.255 e. The third-order valence-corrected chi connectivity index (χ3v) is 5.54. The van der Waals surface area contributed by atoms with Crippen molar-refractivity contribution in [2.75, 3.05) is 55.4 Å². The summed E-state index contributed by atoms with van der Waals surface area (Å²) >= 11 is 0. The second-order valence-electron chi connectivity index (χ2n) is 7.52. The lowest BCUT2D eigenvalue weighted by atomic mass is 10.1. The van der Waals surface area contributed by atoms with E-state index in [1.807, 2.05) is 13.1 Å². The average Bonchev–Trinajstić information content (AvgIpc) is 3.19. The van der Waals surface area contributed by atoms with Crippen LogP contribution >= 0.6 is 0 Å². The molecule has 1 fully saturated rings. The normalized spacial score (nSPS) is 18.6. The van der Waals surface area contributed by atoms with Gasteiger partial charge in [-0.3, -0.25) is 9.59 Å². The van der Waals surface area contributed by atoms with Crippen LogP contribution in [0.1, 0.15) is 16.8 Å². The van der Waals surface area contributed by atoms with Gasteiger partial charge >= 0.3 is 0 Å². The monoisotopic (exact) mass is 379 g/mol. The Morgan fingerprint density at radius 1 is 1.32 bits per heavy atom. The molecule has 1 N–H and O–H groups in total. The number of fused-ring (bicyclic) bond motifs is 1. The van der Waals surface area contributed by atoms with Crippen molar-refractivity contribution in [2.24, 2.45) is 5.92 Å². The van der Waals surface area contributed by atoms with Gasteiger partial charge < -0.3 is 20.0 Å². The van der Waals surface area contributed by atoms with Gasteiger partial charge in [0.2, 0.25) is 5.91 Å². The first-order valence-electron chi connectivity index (χ1n) is 9.59. The minimum absolute atomic E-state index is 0.0424. The summed E-state index contributed by atoms with van der Waals surface area (Å²) in [5.74, 6) is 0.959. The lowest BCUT2D eigenvalue weighted by Gasteiger charge is -2.27. The summed E-state index contributed by atoms with van der Waals surface area (Å²) < 4.78 is 0. The predicted octanol–water partition coefficient (Wildman–Crippen LogP) is 2.07. The zero-order chi connectivity index (χ0) is 19.7. The number of nitrogens with zero attached hydrogens (tertiary/aromatic N) is 4. The molecule has 2 amide bonds. The molecule has 0 aliphatic carbocycles. The van der Waals surface area contributed by atoms with E-state index in [1.54, 1.807) is 29.1 Å². The van der Waals surface area contributed by atoms with Gasteiger partial charge in [-0.15, -0.1) is 0 Å². The lowest BCUT2D eigenvalue weighted by Crippen LogP contribution is -2.38. The van der Waals surface area contributed by atoms with Crippen molar-refractivity contribution in [1.29, 1.82) is 0 Å². The summed E-state index contributed by atoms with van der Waals surface area (Å²) in [7, 11) is 3.54. The largest absolute Gasteiger partial charge is 0.371 e. The standard InChI is InChI=1S/C21H25N5O2/c1-24(13-15-8-9-26(14-15)17-6-4-3-5-7-17)21(28)16-10-18-20(22-11-16)23-12-19(27)25(18)2/h3-7,10-11,15H,8-9,12-14H2,1-2H3,(H,22,23). The third kappa shape index (κ3) is 3.52. The highest BCUT2D eigenvalue weighted by Crippen LogP contribution is 2.28. The quantitative estimate of drug-likeness (QED) is 0.881. The Kier molecular flexibility index (Phi) is 4.90. The van der Waals surface area contributed by atoms with Crippen LogP contribution in [-0.2, 0) is 4.79 Å². The van der Waals surface area contributed by atoms with Crippen LogP contribution in [0, 0.1) is 5.92 Å². The van der Waals surface area contributed by atoms with Crippen LogP contribution in [0.25, 0.3) is 0 Å². The van der Waals surface area contributed by atoms with Gasteiger partial charge in [-0.25, -0.2) is 4.98 Å². The van der Waals surface area contributed by atoms with E-state index in [0.29, 0.717) is 29.5 Å². The molecule has 0 saturated carbocycles. The molecular weight excluding hydrogens is 354 g/mol. The minimum Gasteiger partial charge on any atom is -0.371 e. The van der Waals surface area contributed by atoms with Crippen LogP contribution in [0.15, 0.2) is 42.6 Å². The van der Waals surface area contributed by atoms with E-state index < -0.39 is 0 Å². The van der Waals surface area contributed by atoms with Crippen molar-refractivity contribution in [1.82, 2.24) is 9.88 Å². The first-order chi connectivity index (χ1) is 13.5. The maximum absolute atomic E-state index is 12.9. The highest BCUT2D eigenvalue weighted by atomic mass is 16.2. The molecule has 1 aromatic carbocycles. The van der Waals surface area contributed by atoms with Crippen LogP contribution in [-0.4, -0.2) is 62.0 Å². The Labute approximate surface area is 164 Å². The van der Waals surface area contributed by atoms with Crippen molar-refractivity contribution in [3.63, 3.8) is 0 Å². The Hall–Kier alpha value is -3.09. The number of pyridine rings is 1. The maximum Gasteiger partial charge on any atom is 0.255 e. The highest BCUT2D eigenvalue weighted by Gasteiger charge is 2.27. The van der Waals surface area contributed by atoms with Crippen LogP contribution in [0.4, 0.5) is 17.2 Å². The summed E-state index contributed by atoms with van der Waals surface area (Å²) in [6, 6.07) is 12.1. The van der Waals surface area contributed by atoms with E-state index in [9.17, 15) is 9.59 Å². The van der Waals surface area contributed by atoms with Crippen molar-refractivity contribution in [2.45, 2.75) is 6.42 Å². The highest BCUT2D eigenvalue weighted by molar-refractivity contribution is 6.03. The lowest BCUT2D eigenvalue weighted by molar-refractivity contribution is -0.116. The van der Waals surface area contributed by atoms with E-state index in [4.69, 9.17) is 0 Å². The molecule has 2 aromatic rings. The molecule has 1 aromatic heterocycles. The van der Waals surface area contributed by atoms with Crippen molar-refractivity contribution in [3.05, 3.63) is 48.2 Å². The molecule has 2 aliphatic heterocycles. The molecule has 1 atom stereocenters. The number of hydrogen-bond donors (Lipinski definition) is 1. The van der Waals surface area contributed by atoms with Crippen LogP contribution < -0.4 is 15.1 Å². The number of nitrogens with one attached hydrogen (secondary N) is 1. The summed E-state index contributed by atoms with van der Waals surface area (Å²) in [4.78, 5) is 34.8. The molecule has 0 radical (unpaired) electrons. The molecule has 2 aliphatic rings. The van der Waals surface area contributed by atoms with Gasteiger partial charge in [0, 0.05) is 45.6 Å². The van der Waals surface area contributed by atoms with E-state index in [1.165, 1.54) is 5.69 Å². The summed E-state index contributed by atoms with van der Waals surface area (Å²) in [6.07, 6.45) is 2.65. The van der Waals surface area contributed by atoms with Crippen LogP contribution in [0.3, 0.4) is 0 Å². The molecule has 7 nitrogen and oxygen atoms in total. The number of aromatic nitrogens is 1. The van der Waals surface area contributed by atoms with Gasteiger partial charge in [-0.2, -0.15) is 0 Å². The number of carbonyl (C=O) groups is 2. The van der Waals surface area contributed by atoms with Gasteiger partial charge in [0.25, 0.3) is 5.91 Å². The Bertz CT molecular complexity index is 886. The van der Waals surface area contributed by atoms with Crippen molar-refractivity contribution < 1.29 is 9.59 Å². The topological polar surface area (TPSA) is 68.8 Å². The Morgan fingerprint density at radius 2 is 2.11 bits per heavy atom. The van der Waals surface area contributed by atoms with Gasteiger partial charge in [-0.05, 0) is 30.5 Å². The molecular formula is C21H25N5O2. The molecule has 3 heterocycles. The zero-order valence-electron chi connectivity index (χ0n) is 16.3. The average molecular weight is 379 g/mol.